The van der Waals surface area contributed by atoms with Gasteiger partial charge in [-0.3, -0.25) is 4.79 Å². The molecule has 0 aromatic heterocycles. The van der Waals surface area contributed by atoms with Crippen LogP contribution in [-0.2, 0) is 19.6 Å². The van der Waals surface area contributed by atoms with E-state index >= 15 is 0 Å². The molecule has 1 atom stereocenters. The third-order valence-electron chi connectivity index (χ3n) is 4.73. The molecule has 1 fully saturated rings. The molecule has 7 nitrogen and oxygen atoms in total. The number of carbonyl (C=O) groups is 2. The Balaban J connectivity index is 1.75. The van der Waals surface area contributed by atoms with Crippen molar-refractivity contribution >= 4 is 27.6 Å². The minimum Gasteiger partial charge on any atom is -0.449 e. The Morgan fingerprint density at radius 1 is 0.966 bits per heavy atom. The third kappa shape index (κ3) is 5.02. The van der Waals surface area contributed by atoms with E-state index in [-0.39, 0.29) is 10.5 Å². The van der Waals surface area contributed by atoms with E-state index in [9.17, 15) is 18.0 Å². The molecule has 1 aliphatic heterocycles. The first-order chi connectivity index (χ1) is 13.9. The number of para-hydroxylation sites is 1. The number of hydrogen-bond donors (Lipinski definition) is 1. The van der Waals surface area contributed by atoms with Crippen LogP contribution in [0.15, 0.2) is 59.5 Å². The van der Waals surface area contributed by atoms with Crippen molar-refractivity contribution in [3.63, 3.8) is 0 Å². The van der Waals surface area contributed by atoms with Crippen molar-refractivity contribution in [1.29, 1.82) is 0 Å². The number of rotatable bonds is 6. The minimum atomic E-state index is -3.81. The maximum absolute atomic E-state index is 13.0. The number of amides is 1. The maximum Gasteiger partial charge on any atom is 0.340 e. The second kappa shape index (κ2) is 9.19. The molecule has 2 aromatic rings. The van der Waals surface area contributed by atoms with Crippen LogP contribution in [0.2, 0.25) is 0 Å². The average Bonchev–Trinajstić information content (AvgIpc) is 2.75. The van der Waals surface area contributed by atoms with Gasteiger partial charge in [0.1, 0.15) is 0 Å². The van der Waals surface area contributed by atoms with Crippen LogP contribution in [0.25, 0.3) is 0 Å². The summed E-state index contributed by atoms with van der Waals surface area (Å²) in [7, 11) is -3.81. The highest BCUT2D eigenvalue weighted by Gasteiger charge is 2.31. The first kappa shape index (κ1) is 21.0. The van der Waals surface area contributed by atoms with E-state index in [1.165, 1.54) is 23.4 Å². The number of anilines is 1. The van der Waals surface area contributed by atoms with Gasteiger partial charge in [0.25, 0.3) is 5.91 Å². The fraction of sp³-hybridized carbons (Fsp3) is 0.333. The van der Waals surface area contributed by atoms with Crippen LogP contribution in [-0.4, -0.2) is 43.8 Å². The molecule has 8 heteroatoms. The molecule has 2 aromatic carbocycles. The fourth-order valence-electron chi connectivity index (χ4n) is 3.15. The summed E-state index contributed by atoms with van der Waals surface area (Å²) < 4.78 is 32.7. The highest BCUT2D eigenvalue weighted by Crippen LogP contribution is 2.24. The minimum absolute atomic E-state index is 0.0718. The van der Waals surface area contributed by atoms with Gasteiger partial charge in [0.15, 0.2) is 6.10 Å². The maximum atomic E-state index is 13.0. The zero-order valence-corrected chi connectivity index (χ0v) is 17.0. The summed E-state index contributed by atoms with van der Waals surface area (Å²) in [5.74, 6) is -1.35. The van der Waals surface area contributed by atoms with Gasteiger partial charge in [0.2, 0.25) is 10.0 Å². The van der Waals surface area contributed by atoms with Crippen LogP contribution < -0.4 is 5.32 Å². The van der Waals surface area contributed by atoms with Crippen LogP contribution in [0.1, 0.15) is 36.5 Å². The Labute approximate surface area is 170 Å². The van der Waals surface area contributed by atoms with Gasteiger partial charge in [0.05, 0.1) is 10.5 Å². The monoisotopic (exact) mass is 416 g/mol. The Morgan fingerprint density at radius 3 is 2.28 bits per heavy atom. The topological polar surface area (TPSA) is 92.8 Å². The Morgan fingerprint density at radius 2 is 1.59 bits per heavy atom. The smallest absolute Gasteiger partial charge is 0.340 e. The number of esters is 1. The van der Waals surface area contributed by atoms with E-state index < -0.39 is 28.0 Å². The van der Waals surface area contributed by atoms with Gasteiger partial charge < -0.3 is 10.1 Å². The number of hydrogen-bond acceptors (Lipinski definition) is 5. The van der Waals surface area contributed by atoms with Crippen molar-refractivity contribution in [3.8, 4) is 0 Å². The van der Waals surface area contributed by atoms with Crippen molar-refractivity contribution in [2.75, 3.05) is 18.4 Å². The van der Waals surface area contributed by atoms with Crippen molar-refractivity contribution in [2.24, 2.45) is 0 Å². The zero-order valence-electron chi connectivity index (χ0n) is 16.2. The number of nitrogens with one attached hydrogen (secondary N) is 1. The van der Waals surface area contributed by atoms with Gasteiger partial charge in [-0.2, -0.15) is 4.31 Å². The van der Waals surface area contributed by atoms with Gasteiger partial charge in [-0.1, -0.05) is 36.8 Å². The van der Waals surface area contributed by atoms with Gasteiger partial charge >= 0.3 is 5.97 Å². The second-order valence-electron chi connectivity index (χ2n) is 6.86. The molecule has 0 radical (unpaired) electrons. The molecule has 0 bridgehead atoms. The standard InChI is InChI=1S/C21H24N2O5S/c1-16(20(24)22-17-10-4-2-5-11-17)28-21(25)18-12-6-7-13-19(18)29(26,27)23-14-8-3-9-15-23/h2,4-7,10-13,16H,3,8-9,14-15H2,1H3,(H,22,24)/t16-/m1/s1. The van der Waals surface area contributed by atoms with Crippen molar-refractivity contribution < 1.29 is 22.7 Å². The number of benzene rings is 2. The molecular weight excluding hydrogens is 392 g/mol. The van der Waals surface area contributed by atoms with E-state index in [1.807, 2.05) is 6.07 Å². The lowest BCUT2D eigenvalue weighted by Gasteiger charge is -2.26. The summed E-state index contributed by atoms with van der Waals surface area (Å²) in [5, 5.41) is 2.65. The highest BCUT2D eigenvalue weighted by atomic mass is 32.2. The lowest BCUT2D eigenvalue weighted by molar-refractivity contribution is -0.123. The molecule has 154 valence electrons. The summed E-state index contributed by atoms with van der Waals surface area (Å²) in [4.78, 5) is 24.9. The lowest BCUT2D eigenvalue weighted by atomic mass is 10.2. The highest BCUT2D eigenvalue weighted by molar-refractivity contribution is 7.89. The summed E-state index contributed by atoms with van der Waals surface area (Å²) in [5.41, 5.74) is 0.505. The molecule has 1 heterocycles. The van der Waals surface area contributed by atoms with Crippen molar-refractivity contribution in [1.82, 2.24) is 4.31 Å². The van der Waals surface area contributed by atoms with Crippen LogP contribution in [0.3, 0.4) is 0 Å². The largest absolute Gasteiger partial charge is 0.449 e. The first-order valence-corrected chi connectivity index (χ1v) is 11.0. The van der Waals surface area contributed by atoms with Crippen LogP contribution in [0.4, 0.5) is 5.69 Å². The molecule has 1 N–H and O–H groups in total. The van der Waals surface area contributed by atoms with Gasteiger partial charge in [0, 0.05) is 18.8 Å². The Hall–Kier alpha value is -2.71. The number of piperidine rings is 1. The number of nitrogens with zero attached hydrogens (tertiary/aromatic N) is 1. The second-order valence-corrected chi connectivity index (χ2v) is 8.77. The number of sulfonamides is 1. The van der Waals surface area contributed by atoms with E-state index in [0.717, 1.165) is 19.3 Å². The molecular formula is C21H24N2O5S. The molecule has 1 amide bonds. The summed E-state index contributed by atoms with van der Waals surface area (Å²) in [6, 6.07) is 14.7. The normalized spacial score (nSPS) is 16.0. The summed E-state index contributed by atoms with van der Waals surface area (Å²) >= 11 is 0. The molecule has 0 spiro atoms. The predicted octanol–water partition coefficient (Wildman–Crippen LogP) is 3.05. The molecule has 1 saturated heterocycles. The van der Waals surface area contributed by atoms with Crippen molar-refractivity contribution in [2.45, 2.75) is 37.2 Å². The van der Waals surface area contributed by atoms with Gasteiger partial charge in [-0.15, -0.1) is 0 Å². The SMILES string of the molecule is C[C@@H](OC(=O)c1ccccc1S(=O)(=O)N1CCCCC1)C(=O)Nc1ccccc1. The zero-order chi connectivity index (χ0) is 20.9. The number of ether oxygens (including phenoxy) is 1. The molecule has 0 saturated carbocycles. The number of carbonyl (C=O) groups excluding carboxylic acids is 2. The first-order valence-electron chi connectivity index (χ1n) is 9.55. The van der Waals surface area contributed by atoms with E-state index in [0.29, 0.717) is 18.8 Å². The Kier molecular flexibility index (Phi) is 6.66. The van der Waals surface area contributed by atoms with Crippen LogP contribution >= 0.6 is 0 Å². The Bertz CT molecular complexity index is 970. The van der Waals surface area contributed by atoms with Crippen LogP contribution in [0, 0.1) is 0 Å². The van der Waals surface area contributed by atoms with Crippen LogP contribution in [0.5, 0.6) is 0 Å². The molecule has 1 aliphatic rings. The summed E-state index contributed by atoms with van der Waals surface area (Å²) in [6.45, 7) is 2.31. The molecule has 0 aliphatic carbocycles. The van der Waals surface area contributed by atoms with Gasteiger partial charge in [-0.25, -0.2) is 13.2 Å². The molecule has 3 rings (SSSR count). The molecule has 29 heavy (non-hydrogen) atoms. The fourth-order valence-corrected chi connectivity index (χ4v) is 4.84. The van der Waals surface area contributed by atoms with Gasteiger partial charge in [-0.05, 0) is 44.0 Å². The summed E-state index contributed by atoms with van der Waals surface area (Å²) in [6.07, 6.45) is 1.49. The lowest BCUT2D eigenvalue weighted by Crippen LogP contribution is -2.36. The van der Waals surface area contributed by atoms with Crippen molar-refractivity contribution in [3.05, 3.63) is 60.2 Å². The van der Waals surface area contributed by atoms with E-state index in [1.54, 1.807) is 36.4 Å². The molecule has 0 unspecified atom stereocenters. The quantitative estimate of drug-likeness (QED) is 0.731. The third-order valence-corrected chi connectivity index (χ3v) is 6.69. The van der Waals surface area contributed by atoms with E-state index in [2.05, 4.69) is 5.32 Å². The predicted molar refractivity (Wildman–Crippen MR) is 109 cm³/mol. The average molecular weight is 416 g/mol. The van der Waals surface area contributed by atoms with E-state index in [4.69, 9.17) is 4.74 Å².